The van der Waals surface area contributed by atoms with Crippen LogP contribution in [0.1, 0.15) is 0 Å². The Balaban J connectivity index is 3.01. The Bertz CT molecular complexity index is 214. The molecule has 5 nitrogen and oxygen atoms in total. The number of nitrogens with two attached hydrogens (primary N) is 1. The van der Waals surface area contributed by atoms with Gasteiger partial charge in [0.1, 0.15) is 5.03 Å². The fourth-order valence-corrected chi connectivity index (χ4v) is 0.940. The summed E-state index contributed by atoms with van der Waals surface area (Å²) in [5.41, 5.74) is 0. The Morgan fingerprint density at radius 2 is 2.08 bits per heavy atom. The van der Waals surface area contributed by atoms with E-state index in [0.717, 1.165) is 11.9 Å². The second-order valence-electron chi connectivity index (χ2n) is 1.85. The first kappa shape index (κ1) is 9.08. The highest BCUT2D eigenvalue weighted by atomic mass is 32.2. The van der Waals surface area contributed by atoms with Crippen LogP contribution in [-0.4, -0.2) is 24.2 Å². The van der Waals surface area contributed by atoms with Crippen molar-refractivity contribution in [2.24, 2.45) is 5.14 Å². The lowest BCUT2D eigenvalue weighted by Gasteiger charge is -2.02. The predicted molar refractivity (Wildman–Crippen MR) is 45.2 cm³/mol. The average Bonchev–Trinajstić information content (AvgIpc) is 2.16. The van der Waals surface area contributed by atoms with Gasteiger partial charge in [0.25, 0.3) is 0 Å². The quantitative estimate of drug-likeness (QED) is 0.547. The average molecular weight is 187 g/mol. The van der Waals surface area contributed by atoms with Crippen LogP contribution in [0.25, 0.3) is 0 Å². The second kappa shape index (κ2) is 4.13. The molecule has 0 amide bonds. The first-order valence-electron chi connectivity index (χ1n) is 3.14. The Morgan fingerprint density at radius 3 is 2.58 bits per heavy atom. The van der Waals surface area contributed by atoms with Crippen LogP contribution in [0.2, 0.25) is 0 Å². The van der Waals surface area contributed by atoms with E-state index in [9.17, 15) is 0 Å². The molecule has 0 aliphatic heterocycles. The predicted octanol–water partition coefficient (Wildman–Crippen LogP) is 0.460. The van der Waals surface area contributed by atoms with Gasteiger partial charge in [0.2, 0.25) is 5.88 Å². The zero-order chi connectivity index (χ0) is 8.97. The highest BCUT2D eigenvalue weighted by Crippen LogP contribution is 2.18. The molecule has 0 unspecified atom stereocenters. The van der Waals surface area contributed by atoms with Gasteiger partial charge in [0, 0.05) is 6.07 Å². The lowest BCUT2D eigenvalue weighted by Crippen LogP contribution is -1.97. The Morgan fingerprint density at radius 1 is 1.33 bits per heavy atom. The molecule has 0 radical (unpaired) electrons. The SMILES string of the molecule is COc1cc(SN)nc(OC)n1. The van der Waals surface area contributed by atoms with Crippen LogP contribution < -0.4 is 14.6 Å². The van der Waals surface area contributed by atoms with E-state index in [1.54, 1.807) is 6.07 Å². The van der Waals surface area contributed by atoms with E-state index in [2.05, 4.69) is 9.97 Å². The van der Waals surface area contributed by atoms with E-state index in [-0.39, 0.29) is 6.01 Å². The molecule has 2 N–H and O–H groups in total. The largest absolute Gasteiger partial charge is 0.481 e. The van der Waals surface area contributed by atoms with Crippen molar-refractivity contribution in [1.29, 1.82) is 0 Å². The third-order valence-corrected chi connectivity index (χ3v) is 1.62. The molecule has 1 aromatic heterocycles. The maximum Gasteiger partial charge on any atom is 0.320 e. The minimum Gasteiger partial charge on any atom is -0.481 e. The van der Waals surface area contributed by atoms with Crippen LogP contribution in [-0.2, 0) is 0 Å². The third-order valence-electron chi connectivity index (χ3n) is 1.17. The van der Waals surface area contributed by atoms with Gasteiger partial charge in [0.05, 0.1) is 14.2 Å². The molecule has 1 aromatic rings. The van der Waals surface area contributed by atoms with Gasteiger partial charge in [-0.3, -0.25) is 5.14 Å². The molecule has 0 aromatic carbocycles. The highest BCUT2D eigenvalue weighted by Gasteiger charge is 2.03. The molecule has 0 spiro atoms. The third kappa shape index (κ3) is 1.99. The molecule has 0 atom stereocenters. The van der Waals surface area contributed by atoms with Gasteiger partial charge in [-0.25, -0.2) is 0 Å². The van der Waals surface area contributed by atoms with E-state index < -0.39 is 0 Å². The van der Waals surface area contributed by atoms with Crippen LogP contribution in [0.5, 0.6) is 11.9 Å². The van der Waals surface area contributed by atoms with Crippen LogP contribution in [0.15, 0.2) is 11.1 Å². The first-order chi connectivity index (χ1) is 5.80. The Labute approximate surface area is 74.4 Å². The molecule has 1 rings (SSSR count). The minimum atomic E-state index is 0.252. The normalized spacial score (nSPS) is 9.58. The number of nitrogens with zero attached hydrogens (tertiary/aromatic N) is 2. The van der Waals surface area contributed by atoms with Gasteiger partial charge in [-0.05, 0) is 11.9 Å². The van der Waals surface area contributed by atoms with E-state index in [4.69, 9.17) is 14.6 Å². The van der Waals surface area contributed by atoms with Crippen molar-refractivity contribution in [1.82, 2.24) is 9.97 Å². The summed E-state index contributed by atoms with van der Waals surface area (Å²) in [5.74, 6) is 0.440. The molecular formula is C6H9N3O2S. The Hall–Kier alpha value is -1.01. The molecule has 6 heteroatoms. The number of ether oxygens (including phenoxy) is 2. The number of hydrogen-bond donors (Lipinski definition) is 1. The van der Waals surface area contributed by atoms with Gasteiger partial charge in [-0.1, -0.05) is 0 Å². The van der Waals surface area contributed by atoms with E-state index >= 15 is 0 Å². The highest BCUT2D eigenvalue weighted by molar-refractivity contribution is 7.97. The van der Waals surface area contributed by atoms with Crippen molar-refractivity contribution < 1.29 is 9.47 Å². The summed E-state index contributed by atoms with van der Waals surface area (Å²) >= 11 is 1.02. The smallest absolute Gasteiger partial charge is 0.320 e. The summed E-state index contributed by atoms with van der Waals surface area (Å²) in [6.45, 7) is 0. The molecule has 12 heavy (non-hydrogen) atoms. The number of aromatic nitrogens is 2. The maximum absolute atomic E-state index is 5.31. The summed E-state index contributed by atoms with van der Waals surface area (Å²) in [6.07, 6.45) is 0. The summed E-state index contributed by atoms with van der Waals surface area (Å²) in [6, 6.07) is 1.88. The Kier molecular flexibility index (Phi) is 3.12. The molecule has 0 bridgehead atoms. The van der Waals surface area contributed by atoms with Gasteiger partial charge >= 0.3 is 6.01 Å². The minimum absolute atomic E-state index is 0.252. The fourth-order valence-electron chi connectivity index (χ4n) is 0.640. The summed E-state index contributed by atoms with van der Waals surface area (Å²) in [7, 11) is 3.01. The van der Waals surface area contributed by atoms with Crippen LogP contribution >= 0.6 is 11.9 Å². The molecule has 0 aliphatic carbocycles. The van der Waals surface area contributed by atoms with Gasteiger partial charge in [0.15, 0.2) is 0 Å². The fraction of sp³-hybridized carbons (Fsp3) is 0.333. The van der Waals surface area contributed by atoms with Crippen molar-refractivity contribution >= 4 is 11.9 Å². The van der Waals surface area contributed by atoms with Crippen molar-refractivity contribution in [3.63, 3.8) is 0 Å². The van der Waals surface area contributed by atoms with Crippen LogP contribution in [0.4, 0.5) is 0 Å². The zero-order valence-electron chi connectivity index (χ0n) is 6.77. The standard InChI is InChI=1S/C6H9N3O2S/c1-10-4-3-5(12-7)9-6(8-4)11-2/h3H,7H2,1-2H3. The lowest BCUT2D eigenvalue weighted by atomic mass is 10.6. The number of methoxy groups -OCH3 is 2. The maximum atomic E-state index is 5.31. The van der Waals surface area contributed by atoms with Crippen molar-refractivity contribution in [3.05, 3.63) is 6.07 Å². The molecule has 0 saturated heterocycles. The topological polar surface area (TPSA) is 70.3 Å². The van der Waals surface area contributed by atoms with Gasteiger partial charge in [-0.15, -0.1) is 0 Å². The van der Waals surface area contributed by atoms with E-state index in [0.29, 0.717) is 10.9 Å². The molecule has 66 valence electrons. The molecule has 0 fully saturated rings. The van der Waals surface area contributed by atoms with Crippen molar-refractivity contribution in [2.75, 3.05) is 14.2 Å². The molecule has 1 heterocycles. The zero-order valence-corrected chi connectivity index (χ0v) is 7.59. The van der Waals surface area contributed by atoms with Crippen LogP contribution in [0, 0.1) is 0 Å². The lowest BCUT2D eigenvalue weighted by molar-refractivity contribution is 0.347. The summed E-state index contributed by atoms with van der Waals surface area (Å²) in [4.78, 5) is 7.84. The second-order valence-corrected chi connectivity index (χ2v) is 2.51. The molecular weight excluding hydrogens is 178 g/mol. The summed E-state index contributed by atoms with van der Waals surface area (Å²) < 4.78 is 9.73. The van der Waals surface area contributed by atoms with Crippen molar-refractivity contribution in [3.8, 4) is 11.9 Å². The van der Waals surface area contributed by atoms with Gasteiger partial charge < -0.3 is 9.47 Å². The monoisotopic (exact) mass is 187 g/mol. The van der Waals surface area contributed by atoms with Gasteiger partial charge in [-0.2, -0.15) is 9.97 Å². The van der Waals surface area contributed by atoms with Crippen LogP contribution in [0.3, 0.4) is 0 Å². The summed E-state index contributed by atoms with van der Waals surface area (Å²) in [5, 5.41) is 5.92. The molecule has 0 saturated carbocycles. The number of hydrogen-bond acceptors (Lipinski definition) is 6. The number of rotatable bonds is 3. The molecule has 0 aliphatic rings. The first-order valence-corrected chi connectivity index (χ1v) is 4.02. The van der Waals surface area contributed by atoms with E-state index in [1.807, 2.05) is 0 Å². The van der Waals surface area contributed by atoms with Crippen molar-refractivity contribution in [2.45, 2.75) is 5.03 Å². The van der Waals surface area contributed by atoms with E-state index in [1.165, 1.54) is 14.2 Å².